The Kier molecular flexibility index (Phi) is 6.51. The van der Waals surface area contributed by atoms with Crippen molar-refractivity contribution in [3.8, 4) is 5.75 Å². The van der Waals surface area contributed by atoms with Gasteiger partial charge in [-0.3, -0.25) is 4.79 Å². The molecule has 132 valence electrons. The monoisotopic (exact) mass is 345 g/mol. The van der Waals surface area contributed by atoms with E-state index >= 15 is 0 Å². The lowest BCUT2D eigenvalue weighted by atomic mass is 10.2. The van der Waals surface area contributed by atoms with Crippen LogP contribution in [-0.2, 0) is 9.53 Å². The van der Waals surface area contributed by atoms with Crippen molar-refractivity contribution in [2.45, 2.75) is 26.4 Å². The summed E-state index contributed by atoms with van der Waals surface area (Å²) in [7, 11) is 0. The van der Waals surface area contributed by atoms with Crippen LogP contribution in [0.3, 0.4) is 0 Å². The molecule has 0 saturated carbocycles. The number of esters is 1. The molecule has 0 aliphatic heterocycles. The highest BCUT2D eigenvalue weighted by Crippen LogP contribution is 2.16. The number of carbonyl (C=O) groups excluding carboxylic acids is 2. The molecule has 1 atom stereocenters. The number of anilines is 1. The number of halogens is 1. The smallest absolute Gasteiger partial charge is 0.347 e. The van der Waals surface area contributed by atoms with Crippen molar-refractivity contribution in [2.24, 2.45) is 0 Å². The van der Waals surface area contributed by atoms with Crippen LogP contribution in [0.2, 0.25) is 0 Å². The molecule has 25 heavy (non-hydrogen) atoms. The third-order valence-corrected chi connectivity index (χ3v) is 3.31. The van der Waals surface area contributed by atoms with Crippen LogP contribution in [0.15, 0.2) is 48.5 Å². The largest absolute Gasteiger partial charge is 0.479 e. The van der Waals surface area contributed by atoms with Crippen LogP contribution in [0, 0.1) is 5.82 Å². The Bertz CT molecular complexity index is 713. The molecule has 6 heteroatoms. The SMILES string of the molecule is CCCOC(=O)C(C)Oc1ccc(C(=O)Nc2ccc(F)cc2)cc1. The molecule has 0 spiro atoms. The van der Waals surface area contributed by atoms with Gasteiger partial charge >= 0.3 is 5.97 Å². The molecule has 0 aliphatic rings. The Morgan fingerprint density at radius 2 is 1.72 bits per heavy atom. The van der Waals surface area contributed by atoms with Gasteiger partial charge in [0.1, 0.15) is 11.6 Å². The zero-order chi connectivity index (χ0) is 18.2. The van der Waals surface area contributed by atoms with E-state index in [4.69, 9.17) is 9.47 Å². The van der Waals surface area contributed by atoms with Crippen molar-refractivity contribution in [1.82, 2.24) is 0 Å². The van der Waals surface area contributed by atoms with Gasteiger partial charge in [0.05, 0.1) is 6.61 Å². The Hall–Kier alpha value is -2.89. The van der Waals surface area contributed by atoms with Gasteiger partial charge in [0.25, 0.3) is 5.91 Å². The van der Waals surface area contributed by atoms with Crippen molar-refractivity contribution >= 4 is 17.6 Å². The van der Waals surface area contributed by atoms with Crippen LogP contribution >= 0.6 is 0 Å². The van der Waals surface area contributed by atoms with E-state index < -0.39 is 12.1 Å². The van der Waals surface area contributed by atoms with E-state index in [0.29, 0.717) is 23.6 Å². The molecule has 2 aromatic carbocycles. The molecule has 0 fully saturated rings. The van der Waals surface area contributed by atoms with Gasteiger partial charge in [-0.05, 0) is 61.9 Å². The first-order chi connectivity index (χ1) is 12.0. The standard InChI is InChI=1S/C19H20FNO4/c1-3-12-24-19(23)13(2)25-17-10-4-14(5-11-17)18(22)21-16-8-6-15(20)7-9-16/h4-11,13H,3,12H2,1-2H3,(H,21,22). The van der Waals surface area contributed by atoms with Crippen LogP contribution in [0.5, 0.6) is 5.75 Å². The number of amides is 1. The second-order valence-corrected chi connectivity index (χ2v) is 5.41. The third kappa shape index (κ3) is 5.60. The van der Waals surface area contributed by atoms with Gasteiger partial charge < -0.3 is 14.8 Å². The lowest BCUT2D eigenvalue weighted by molar-refractivity contribution is -0.151. The molecule has 1 N–H and O–H groups in total. The van der Waals surface area contributed by atoms with Gasteiger partial charge in [0.2, 0.25) is 0 Å². The average Bonchev–Trinajstić information content (AvgIpc) is 2.62. The molecule has 0 bridgehead atoms. The molecule has 0 aromatic heterocycles. The van der Waals surface area contributed by atoms with Crippen LogP contribution in [0.1, 0.15) is 30.6 Å². The molecule has 0 radical (unpaired) electrons. The molecule has 2 aromatic rings. The molecule has 5 nitrogen and oxygen atoms in total. The van der Waals surface area contributed by atoms with Crippen molar-refractivity contribution in [3.63, 3.8) is 0 Å². The second-order valence-electron chi connectivity index (χ2n) is 5.41. The molecule has 1 unspecified atom stereocenters. The van der Waals surface area contributed by atoms with E-state index in [2.05, 4.69) is 5.32 Å². The maximum Gasteiger partial charge on any atom is 0.347 e. The summed E-state index contributed by atoms with van der Waals surface area (Å²) in [5.74, 6) is -0.668. The molecule has 1 amide bonds. The Morgan fingerprint density at radius 3 is 2.32 bits per heavy atom. The van der Waals surface area contributed by atoms with Gasteiger partial charge in [-0.15, -0.1) is 0 Å². The maximum absolute atomic E-state index is 12.9. The van der Waals surface area contributed by atoms with Crippen molar-refractivity contribution in [1.29, 1.82) is 0 Å². The zero-order valence-electron chi connectivity index (χ0n) is 14.1. The average molecular weight is 345 g/mol. The summed E-state index contributed by atoms with van der Waals surface area (Å²) in [5, 5.41) is 2.67. The summed E-state index contributed by atoms with van der Waals surface area (Å²) < 4.78 is 23.4. The molecule has 0 saturated heterocycles. The van der Waals surface area contributed by atoms with Crippen LogP contribution in [-0.4, -0.2) is 24.6 Å². The van der Waals surface area contributed by atoms with E-state index in [1.165, 1.54) is 24.3 Å². The minimum Gasteiger partial charge on any atom is -0.479 e. The molecule has 0 heterocycles. The van der Waals surface area contributed by atoms with Crippen LogP contribution < -0.4 is 10.1 Å². The summed E-state index contributed by atoms with van der Waals surface area (Å²) >= 11 is 0. The van der Waals surface area contributed by atoms with Crippen molar-refractivity contribution < 1.29 is 23.5 Å². The predicted octanol–water partition coefficient (Wildman–Crippen LogP) is 3.80. The van der Waals surface area contributed by atoms with Gasteiger partial charge in [-0.2, -0.15) is 0 Å². The van der Waals surface area contributed by atoms with Crippen molar-refractivity contribution in [2.75, 3.05) is 11.9 Å². The molecule has 2 rings (SSSR count). The highest BCUT2D eigenvalue weighted by Gasteiger charge is 2.16. The summed E-state index contributed by atoms with van der Waals surface area (Å²) in [5.41, 5.74) is 0.914. The van der Waals surface area contributed by atoms with Gasteiger partial charge in [0, 0.05) is 11.3 Å². The first kappa shape index (κ1) is 18.4. The maximum atomic E-state index is 12.9. The summed E-state index contributed by atoms with van der Waals surface area (Å²) in [4.78, 5) is 23.8. The number of carbonyl (C=O) groups is 2. The number of benzene rings is 2. The zero-order valence-corrected chi connectivity index (χ0v) is 14.1. The van der Waals surface area contributed by atoms with Crippen molar-refractivity contribution in [3.05, 3.63) is 59.9 Å². The normalized spacial score (nSPS) is 11.5. The summed E-state index contributed by atoms with van der Waals surface area (Å²) in [6.07, 6.45) is 0.0153. The van der Waals surface area contributed by atoms with E-state index in [1.54, 1.807) is 31.2 Å². The highest BCUT2D eigenvalue weighted by atomic mass is 19.1. The lowest BCUT2D eigenvalue weighted by Gasteiger charge is -2.14. The quantitative estimate of drug-likeness (QED) is 0.775. The van der Waals surface area contributed by atoms with E-state index in [9.17, 15) is 14.0 Å². The summed E-state index contributed by atoms with van der Waals surface area (Å²) in [6.45, 7) is 3.87. The van der Waals surface area contributed by atoms with Gasteiger partial charge in [-0.25, -0.2) is 9.18 Å². The Balaban J connectivity index is 1.93. The van der Waals surface area contributed by atoms with E-state index in [-0.39, 0.29) is 11.7 Å². The molecular weight excluding hydrogens is 325 g/mol. The first-order valence-electron chi connectivity index (χ1n) is 8.00. The third-order valence-electron chi connectivity index (χ3n) is 3.31. The second kappa shape index (κ2) is 8.82. The fraction of sp³-hybridized carbons (Fsp3) is 0.263. The molecular formula is C19H20FNO4. The minimum absolute atomic E-state index is 0.325. The minimum atomic E-state index is -0.731. The van der Waals surface area contributed by atoms with Crippen LogP contribution in [0.25, 0.3) is 0 Å². The topological polar surface area (TPSA) is 64.6 Å². The predicted molar refractivity (Wildman–Crippen MR) is 92.1 cm³/mol. The Labute approximate surface area is 145 Å². The summed E-state index contributed by atoms with van der Waals surface area (Å²) in [6, 6.07) is 11.9. The van der Waals surface area contributed by atoms with Gasteiger partial charge in [-0.1, -0.05) is 6.92 Å². The number of hydrogen-bond donors (Lipinski definition) is 1. The van der Waals surface area contributed by atoms with E-state index in [0.717, 1.165) is 6.42 Å². The first-order valence-corrected chi connectivity index (χ1v) is 8.00. The Morgan fingerprint density at radius 1 is 1.08 bits per heavy atom. The number of hydrogen-bond acceptors (Lipinski definition) is 4. The van der Waals surface area contributed by atoms with Gasteiger partial charge in [0.15, 0.2) is 6.10 Å². The van der Waals surface area contributed by atoms with Crippen LogP contribution in [0.4, 0.5) is 10.1 Å². The number of ether oxygens (including phenoxy) is 2. The lowest BCUT2D eigenvalue weighted by Crippen LogP contribution is -2.26. The van der Waals surface area contributed by atoms with E-state index in [1.807, 2.05) is 6.92 Å². The number of nitrogens with one attached hydrogen (secondary N) is 1. The fourth-order valence-electron chi connectivity index (χ4n) is 1.99. The fourth-order valence-corrected chi connectivity index (χ4v) is 1.99. The molecule has 0 aliphatic carbocycles. The highest BCUT2D eigenvalue weighted by molar-refractivity contribution is 6.04. The number of rotatable bonds is 7.